The zero-order valence-corrected chi connectivity index (χ0v) is 16.9. The highest BCUT2D eigenvalue weighted by Crippen LogP contribution is 2.27. The molecule has 0 spiro atoms. The van der Waals surface area contributed by atoms with Gasteiger partial charge >= 0.3 is 11.6 Å². The van der Waals surface area contributed by atoms with Crippen LogP contribution in [0.3, 0.4) is 0 Å². The molecule has 2 aromatic heterocycles. The summed E-state index contributed by atoms with van der Waals surface area (Å²) < 4.78 is 7.71. The van der Waals surface area contributed by atoms with Gasteiger partial charge in [0.2, 0.25) is 0 Å². The van der Waals surface area contributed by atoms with Gasteiger partial charge in [0.1, 0.15) is 5.58 Å². The number of hydrogen-bond donors (Lipinski definition) is 1. The van der Waals surface area contributed by atoms with Crippen LogP contribution in [0, 0.1) is 0 Å². The monoisotopic (exact) mass is 411 g/mol. The molecule has 5 aromatic rings. The summed E-state index contributed by atoms with van der Waals surface area (Å²) in [4.78, 5) is 23.1. The van der Waals surface area contributed by atoms with Crippen LogP contribution in [-0.4, -0.2) is 15.6 Å². The zero-order chi connectivity index (χ0) is 21.4. The third-order valence-electron chi connectivity index (χ3n) is 5.74. The highest BCUT2D eigenvalue weighted by Gasteiger charge is 2.11. The fourth-order valence-corrected chi connectivity index (χ4v) is 4.31. The number of aliphatic carboxylic acids is 1. The molecular formula is C26H21NO4. The number of carboxylic acid groups (broad SMARTS) is 1. The Kier molecular flexibility index (Phi) is 4.79. The first-order valence-corrected chi connectivity index (χ1v) is 10.3. The molecule has 3 aromatic carbocycles. The van der Waals surface area contributed by atoms with E-state index in [4.69, 9.17) is 9.52 Å². The van der Waals surface area contributed by atoms with E-state index in [9.17, 15) is 9.59 Å². The molecule has 0 aliphatic heterocycles. The van der Waals surface area contributed by atoms with E-state index in [1.807, 2.05) is 42.5 Å². The van der Waals surface area contributed by atoms with Crippen LogP contribution in [0.1, 0.15) is 24.0 Å². The Morgan fingerprint density at radius 2 is 1.65 bits per heavy atom. The fourth-order valence-electron chi connectivity index (χ4n) is 4.31. The van der Waals surface area contributed by atoms with Crippen molar-refractivity contribution in [2.24, 2.45) is 0 Å². The molecule has 0 bridgehead atoms. The van der Waals surface area contributed by atoms with Gasteiger partial charge in [-0.2, -0.15) is 0 Å². The maximum Gasteiger partial charge on any atom is 0.344 e. The van der Waals surface area contributed by atoms with Crippen molar-refractivity contribution in [1.82, 2.24) is 4.57 Å². The molecule has 5 nitrogen and oxygen atoms in total. The Labute approximate surface area is 178 Å². The molecule has 5 heteroatoms. The maximum atomic E-state index is 12.2. The summed E-state index contributed by atoms with van der Waals surface area (Å²) >= 11 is 0. The first-order valence-electron chi connectivity index (χ1n) is 10.3. The van der Waals surface area contributed by atoms with Crippen molar-refractivity contribution >= 4 is 38.6 Å². The van der Waals surface area contributed by atoms with Crippen LogP contribution in [-0.2, 0) is 17.8 Å². The van der Waals surface area contributed by atoms with Gasteiger partial charge in [-0.3, -0.25) is 4.79 Å². The number of benzene rings is 3. The predicted molar refractivity (Wildman–Crippen MR) is 122 cm³/mol. The number of nitrogens with zero attached hydrogens (tertiary/aromatic N) is 1. The number of rotatable bonds is 6. The lowest BCUT2D eigenvalue weighted by atomic mass is 10.1. The summed E-state index contributed by atoms with van der Waals surface area (Å²) in [6.45, 7) is 0.669. The average molecular weight is 411 g/mol. The zero-order valence-electron chi connectivity index (χ0n) is 16.9. The molecule has 0 amide bonds. The molecule has 0 fully saturated rings. The van der Waals surface area contributed by atoms with Gasteiger partial charge in [-0.25, -0.2) is 4.79 Å². The Morgan fingerprint density at radius 1 is 0.903 bits per heavy atom. The van der Waals surface area contributed by atoms with E-state index in [-0.39, 0.29) is 12.0 Å². The molecule has 2 heterocycles. The molecule has 0 saturated heterocycles. The van der Waals surface area contributed by atoms with Crippen molar-refractivity contribution in [3.63, 3.8) is 0 Å². The topological polar surface area (TPSA) is 72.4 Å². The van der Waals surface area contributed by atoms with E-state index in [1.54, 1.807) is 6.07 Å². The molecule has 0 radical (unpaired) electrons. The van der Waals surface area contributed by atoms with Gasteiger partial charge in [-0.05, 0) is 53.6 Å². The van der Waals surface area contributed by atoms with Crippen molar-refractivity contribution in [1.29, 1.82) is 0 Å². The first-order chi connectivity index (χ1) is 15.1. The molecule has 0 aliphatic carbocycles. The minimum absolute atomic E-state index is 0.169. The summed E-state index contributed by atoms with van der Waals surface area (Å²) in [5, 5.41) is 12.5. The predicted octanol–water partition coefficient (Wildman–Crippen LogP) is 5.36. The van der Waals surface area contributed by atoms with Gasteiger partial charge in [0.15, 0.2) is 0 Å². The number of aryl methyl sites for hydroxylation is 1. The lowest BCUT2D eigenvalue weighted by Gasteiger charge is -2.08. The maximum absolute atomic E-state index is 12.2. The third-order valence-corrected chi connectivity index (χ3v) is 5.74. The standard InChI is InChI=1S/C26H21NO4/c28-25(29)11-5-6-18-16-27(23-10-4-3-7-19(18)23)15-17-12-13-24-22(14-17)20-8-1-2-9-21(20)26(30)31-24/h1-4,7-10,12-14,16H,5-6,11,15H2,(H,28,29). The van der Waals surface area contributed by atoms with Crippen LogP contribution in [0.5, 0.6) is 0 Å². The molecule has 154 valence electrons. The lowest BCUT2D eigenvalue weighted by Crippen LogP contribution is -2.01. The van der Waals surface area contributed by atoms with E-state index in [2.05, 4.69) is 29.0 Å². The van der Waals surface area contributed by atoms with Crippen molar-refractivity contribution < 1.29 is 14.3 Å². The van der Waals surface area contributed by atoms with Gasteiger partial charge in [0.05, 0.1) is 5.39 Å². The smallest absolute Gasteiger partial charge is 0.344 e. The van der Waals surface area contributed by atoms with Crippen molar-refractivity contribution in [3.8, 4) is 0 Å². The molecule has 1 N–H and O–H groups in total. The van der Waals surface area contributed by atoms with Crippen LogP contribution in [0.15, 0.2) is 82.1 Å². The molecular weight excluding hydrogens is 390 g/mol. The summed E-state index contributed by atoms with van der Waals surface area (Å²) in [7, 11) is 0. The molecule has 5 rings (SSSR count). The first kappa shape index (κ1) is 19.1. The quantitative estimate of drug-likeness (QED) is 0.302. The summed E-state index contributed by atoms with van der Waals surface area (Å²) in [6, 6.07) is 21.6. The van der Waals surface area contributed by atoms with Gasteiger partial charge in [-0.15, -0.1) is 0 Å². The second-order valence-electron chi connectivity index (χ2n) is 7.81. The normalized spacial score (nSPS) is 11.5. The molecule has 0 saturated carbocycles. The van der Waals surface area contributed by atoms with Crippen molar-refractivity contribution in [2.45, 2.75) is 25.8 Å². The van der Waals surface area contributed by atoms with Crippen molar-refractivity contribution in [3.05, 3.63) is 94.5 Å². The minimum atomic E-state index is -0.765. The van der Waals surface area contributed by atoms with Crippen LogP contribution in [0.4, 0.5) is 0 Å². The molecule has 0 unspecified atom stereocenters. The number of carboxylic acids is 1. The average Bonchev–Trinajstić information content (AvgIpc) is 3.12. The largest absolute Gasteiger partial charge is 0.481 e. The van der Waals surface area contributed by atoms with Gasteiger partial charge < -0.3 is 14.1 Å². The highest BCUT2D eigenvalue weighted by molar-refractivity contribution is 6.04. The van der Waals surface area contributed by atoms with E-state index in [1.165, 1.54) is 0 Å². The van der Waals surface area contributed by atoms with Crippen molar-refractivity contribution in [2.75, 3.05) is 0 Å². The van der Waals surface area contributed by atoms with Crippen LogP contribution >= 0.6 is 0 Å². The lowest BCUT2D eigenvalue weighted by molar-refractivity contribution is -0.137. The summed E-state index contributed by atoms with van der Waals surface area (Å²) in [5.74, 6) is -0.765. The fraction of sp³-hybridized carbons (Fsp3) is 0.154. The molecule has 0 aliphatic rings. The summed E-state index contributed by atoms with van der Waals surface area (Å²) in [5.41, 5.74) is 3.65. The SMILES string of the molecule is O=C(O)CCCc1cn(Cc2ccc3oc(=O)c4ccccc4c3c2)c2ccccc12. The van der Waals surface area contributed by atoms with E-state index < -0.39 is 5.97 Å². The highest BCUT2D eigenvalue weighted by atomic mass is 16.4. The third kappa shape index (κ3) is 3.59. The minimum Gasteiger partial charge on any atom is -0.481 e. The number of para-hydroxylation sites is 1. The van der Waals surface area contributed by atoms with E-state index >= 15 is 0 Å². The number of carbonyl (C=O) groups is 1. The van der Waals surface area contributed by atoms with E-state index in [0.29, 0.717) is 23.9 Å². The van der Waals surface area contributed by atoms with Gasteiger partial charge in [0, 0.05) is 35.5 Å². The molecule has 31 heavy (non-hydrogen) atoms. The Hall–Kier alpha value is -3.86. The Morgan fingerprint density at radius 3 is 2.45 bits per heavy atom. The van der Waals surface area contributed by atoms with Crippen LogP contribution in [0.25, 0.3) is 32.6 Å². The van der Waals surface area contributed by atoms with E-state index in [0.717, 1.165) is 39.2 Å². The number of fused-ring (bicyclic) bond motifs is 4. The number of aromatic nitrogens is 1. The van der Waals surface area contributed by atoms with Gasteiger partial charge in [-0.1, -0.05) is 42.5 Å². The van der Waals surface area contributed by atoms with Crippen LogP contribution < -0.4 is 5.63 Å². The molecule has 0 atom stereocenters. The Bertz CT molecular complexity index is 1490. The second-order valence-corrected chi connectivity index (χ2v) is 7.81. The van der Waals surface area contributed by atoms with Crippen LogP contribution in [0.2, 0.25) is 0 Å². The van der Waals surface area contributed by atoms with Gasteiger partial charge in [0.25, 0.3) is 0 Å². The second kappa shape index (κ2) is 7.76. The summed E-state index contributed by atoms with van der Waals surface area (Å²) in [6.07, 6.45) is 3.64. The number of hydrogen-bond acceptors (Lipinski definition) is 3. The Balaban J connectivity index is 1.55.